The highest BCUT2D eigenvalue weighted by Gasteiger charge is 2.18. The Morgan fingerprint density at radius 1 is 1.78 bits per heavy atom. The van der Waals surface area contributed by atoms with E-state index in [1.807, 2.05) is 6.07 Å². The van der Waals surface area contributed by atoms with Gasteiger partial charge in [0.2, 0.25) is 0 Å². The molecule has 0 aliphatic carbocycles. The SMILES string of the molecule is CC(C)(C#N)CS(N)=O. The van der Waals surface area contributed by atoms with E-state index in [2.05, 4.69) is 0 Å². The van der Waals surface area contributed by atoms with Crippen molar-refractivity contribution in [3.63, 3.8) is 0 Å². The highest BCUT2D eigenvalue weighted by atomic mass is 32.2. The third-order valence-electron chi connectivity index (χ3n) is 0.806. The first-order chi connectivity index (χ1) is 3.98. The molecule has 0 aliphatic heterocycles. The molecule has 0 amide bonds. The summed E-state index contributed by atoms with van der Waals surface area (Å²) in [6.45, 7) is 3.41. The van der Waals surface area contributed by atoms with Gasteiger partial charge in [0.15, 0.2) is 0 Å². The Morgan fingerprint density at radius 2 is 2.22 bits per heavy atom. The molecule has 0 spiro atoms. The minimum Gasteiger partial charge on any atom is -0.252 e. The van der Waals surface area contributed by atoms with Crippen LogP contribution in [0.2, 0.25) is 0 Å². The van der Waals surface area contributed by atoms with Gasteiger partial charge in [-0.2, -0.15) is 5.26 Å². The lowest BCUT2D eigenvalue weighted by molar-refractivity contribution is 0.561. The van der Waals surface area contributed by atoms with Crippen molar-refractivity contribution < 1.29 is 4.21 Å². The predicted molar refractivity (Wildman–Crippen MR) is 36.6 cm³/mol. The molecule has 0 aromatic carbocycles. The van der Waals surface area contributed by atoms with Gasteiger partial charge in [0, 0.05) is 0 Å². The Hall–Kier alpha value is -0.400. The molecule has 0 rings (SSSR count). The molecule has 0 aromatic rings. The second-order valence-corrected chi connectivity index (χ2v) is 3.57. The number of nitriles is 1. The van der Waals surface area contributed by atoms with Crippen molar-refractivity contribution >= 4 is 11.0 Å². The van der Waals surface area contributed by atoms with Crippen LogP contribution in [-0.4, -0.2) is 9.96 Å². The molecule has 4 heteroatoms. The van der Waals surface area contributed by atoms with Crippen molar-refractivity contribution in [2.75, 3.05) is 5.75 Å². The minimum absolute atomic E-state index is 0.240. The number of rotatable bonds is 2. The summed E-state index contributed by atoms with van der Waals surface area (Å²) in [6, 6.07) is 2.00. The molecule has 0 saturated heterocycles. The second kappa shape index (κ2) is 2.95. The minimum atomic E-state index is -1.36. The average Bonchev–Trinajstić information content (AvgIpc) is 1.63. The van der Waals surface area contributed by atoms with E-state index in [9.17, 15) is 4.21 Å². The van der Waals surface area contributed by atoms with Crippen LogP contribution >= 0.6 is 0 Å². The van der Waals surface area contributed by atoms with Gasteiger partial charge in [0.1, 0.15) is 0 Å². The normalized spacial score (nSPS) is 14.4. The first-order valence-electron chi connectivity index (χ1n) is 2.52. The summed E-state index contributed by atoms with van der Waals surface area (Å²) in [5.74, 6) is 0.240. The van der Waals surface area contributed by atoms with Gasteiger partial charge in [-0.05, 0) is 13.8 Å². The topological polar surface area (TPSA) is 66.9 Å². The molecule has 1 unspecified atom stereocenters. The third kappa shape index (κ3) is 4.13. The molecule has 0 aliphatic rings. The summed E-state index contributed by atoms with van der Waals surface area (Å²) >= 11 is 0. The van der Waals surface area contributed by atoms with E-state index in [-0.39, 0.29) is 5.75 Å². The molecule has 1 atom stereocenters. The second-order valence-electron chi connectivity index (χ2n) is 2.52. The van der Waals surface area contributed by atoms with Gasteiger partial charge in [-0.1, -0.05) is 0 Å². The molecule has 2 N–H and O–H groups in total. The molecule has 0 aromatic heterocycles. The maximum absolute atomic E-state index is 10.4. The van der Waals surface area contributed by atoms with Gasteiger partial charge in [-0.3, -0.25) is 5.14 Å². The molecule has 9 heavy (non-hydrogen) atoms. The van der Waals surface area contributed by atoms with Crippen LogP contribution in [0.3, 0.4) is 0 Å². The van der Waals surface area contributed by atoms with Gasteiger partial charge < -0.3 is 0 Å². The Kier molecular flexibility index (Phi) is 2.82. The van der Waals surface area contributed by atoms with Crippen molar-refractivity contribution in [3.05, 3.63) is 0 Å². The van der Waals surface area contributed by atoms with Crippen molar-refractivity contribution in [3.8, 4) is 6.07 Å². The van der Waals surface area contributed by atoms with E-state index in [1.54, 1.807) is 13.8 Å². The molecule has 3 nitrogen and oxygen atoms in total. The van der Waals surface area contributed by atoms with Crippen LogP contribution in [0.5, 0.6) is 0 Å². The summed E-state index contributed by atoms with van der Waals surface area (Å²) in [5.41, 5.74) is -0.556. The molecule has 0 radical (unpaired) electrons. The molecule has 0 bridgehead atoms. The third-order valence-corrected chi connectivity index (χ3v) is 1.81. The van der Waals surface area contributed by atoms with Crippen molar-refractivity contribution in [2.24, 2.45) is 10.6 Å². The highest BCUT2D eigenvalue weighted by molar-refractivity contribution is 7.82. The quantitative estimate of drug-likeness (QED) is 0.603. The summed E-state index contributed by atoms with van der Waals surface area (Å²) in [7, 11) is -1.36. The maximum Gasteiger partial charge on any atom is 0.0904 e. The van der Waals surface area contributed by atoms with Crippen molar-refractivity contribution in [2.45, 2.75) is 13.8 Å². The maximum atomic E-state index is 10.4. The monoisotopic (exact) mass is 146 g/mol. The Morgan fingerprint density at radius 3 is 2.33 bits per heavy atom. The summed E-state index contributed by atoms with van der Waals surface area (Å²) in [6.07, 6.45) is 0. The van der Waals surface area contributed by atoms with Crippen molar-refractivity contribution in [1.82, 2.24) is 0 Å². The van der Waals surface area contributed by atoms with Gasteiger partial charge in [0.25, 0.3) is 0 Å². The zero-order valence-corrected chi connectivity index (χ0v) is 6.36. The average molecular weight is 146 g/mol. The van der Waals surface area contributed by atoms with E-state index in [0.29, 0.717) is 0 Å². The van der Waals surface area contributed by atoms with Crippen LogP contribution in [-0.2, 0) is 11.0 Å². The van der Waals surface area contributed by atoms with Crippen LogP contribution in [0.25, 0.3) is 0 Å². The first-order valence-corrected chi connectivity index (χ1v) is 3.90. The zero-order valence-electron chi connectivity index (χ0n) is 5.55. The highest BCUT2D eigenvalue weighted by Crippen LogP contribution is 2.12. The largest absolute Gasteiger partial charge is 0.252 e. The molecule has 0 saturated carbocycles. The van der Waals surface area contributed by atoms with Gasteiger partial charge in [-0.25, -0.2) is 4.21 Å². The fraction of sp³-hybridized carbons (Fsp3) is 0.800. The van der Waals surface area contributed by atoms with Gasteiger partial charge >= 0.3 is 0 Å². The molecule has 0 heterocycles. The first kappa shape index (κ1) is 8.60. The van der Waals surface area contributed by atoms with E-state index >= 15 is 0 Å². The Bertz CT molecular complexity index is 159. The smallest absolute Gasteiger partial charge is 0.0904 e. The Labute approximate surface area is 57.4 Å². The zero-order chi connectivity index (χ0) is 7.49. The molecular weight excluding hydrogens is 136 g/mol. The summed E-state index contributed by atoms with van der Waals surface area (Å²) < 4.78 is 10.4. The van der Waals surface area contributed by atoms with E-state index < -0.39 is 16.4 Å². The van der Waals surface area contributed by atoms with Gasteiger partial charge in [-0.15, -0.1) is 0 Å². The fourth-order valence-corrected chi connectivity index (χ4v) is 1.16. The molecular formula is C5H10N2OS. The lowest BCUT2D eigenvalue weighted by Crippen LogP contribution is -2.22. The van der Waals surface area contributed by atoms with Crippen LogP contribution in [0, 0.1) is 16.7 Å². The van der Waals surface area contributed by atoms with Crippen LogP contribution < -0.4 is 5.14 Å². The summed E-state index contributed by atoms with van der Waals surface area (Å²) in [4.78, 5) is 0. The predicted octanol–water partition coefficient (Wildman–Crippen LogP) is 0.159. The lowest BCUT2D eigenvalue weighted by Gasteiger charge is -2.10. The van der Waals surface area contributed by atoms with Crippen molar-refractivity contribution in [1.29, 1.82) is 5.26 Å². The van der Waals surface area contributed by atoms with Crippen LogP contribution in [0.4, 0.5) is 0 Å². The van der Waals surface area contributed by atoms with E-state index in [0.717, 1.165) is 0 Å². The van der Waals surface area contributed by atoms with E-state index in [4.69, 9.17) is 10.4 Å². The number of hydrogen-bond acceptors (Lipinski definition) is 2. The van der Waals surface area contributed by atoms with Crippen LogP contribution in [0.15, 0.2) is 0 Å². The number of nitrogens with zero attached hydrogens (tertiary/aromatic N) is 1. The Balaban J connectivity index is 3.91. The lowest BCUT2D eigenvalue weighted by atomic mass is 10.00. The summed E-state index contributed by atoms with van der Waals surface area (Å²) in [5, 5.41) is 13.4. The van der Waals surface area contributed by atoms with Gasteiger partial charge in [0.05, 0.1) is 28.2 Å². The number of nitrogens with two attached hydrogens (primary N) is 1. The molecule has 52 valence electrons. The standard InChI is InChI=1S/C5H10N2OS/c1-5(2,3-6)4-9(7)8/h4,7H2,1-2H3. The van der Waals surface area contributed by atoms with Crippen LogP contribution in [0.1, 0.15) is 13.8 Å². The van der Waals surface area contributed by atoms with E-state index in [1.165, 1.54) is 0 Å². The fourth-order valence-electron chi connectivity index (χ4n) is 0.388. The molecule has 0 fully saturated rings. The number of hydrogen-bond donors (Lipinski definition) is 1.